The van der Waals surface area contributed by atoms with Gasteiger partial charge in [-0.1, -0.05) is 0 Å². The lowest BCUT2D eigenvalue weighted by Gasteiger charge is -1.97. The van der Waals surface area contributed by atoms with Crippen molar-refractivity contribution in [2.24, 2.45) is 0 Å². The molecular weight excluding hydrogens is 104 g/mol. The highest BCUT2D eigenvalue weighted by atomic mass is 15.2. The number of nitrogens with one attached hydrogen (secondary N) is 2. The third-order valence-corrected chi connectivity index (χ3v) is 1.03. The molecule has 0 atom stereocenters. The van der Waals surface area contributed by atoms with Gasteiger partial charge in [0.25, 0.3) is 0 Å². The quantitative estimate of drug-likeness (QED) is 0.509. The predicted molar refractivity (Wildman–Crippen MR) is 28.2 cm³/mol. The summed E-state index contributed by atoms with van der Waals surface area (Å²) in [4.78, 5) is 7.66. The second-order valence-corrected chi connectivity index (χ2v) is 1.54. The molecule has 0 radical (unpaired) electrons. The van der Waals surface area contributed by atoms with Crippen molar-refractivity contribution in [3.05, 3.63) is 12.5 Å². The first-order valence-corrected chi connectivity index (χ1v) is 2.29. The van der Waals surface area contributed by atoms with Crippen LogP contribution in [0.2, 0.25) is 0 Å². The van der Waals surface area contributed by atoms with Crippen LogP contribution in [0.1, 0.15) is 0 Å². The Morgan fingerprint density at radius 2 is 2.38 bits per heavy atom. The van der Waals surface area contributed by atoms with Crippen LogP contribution < -0.4 is 0 Å². The van der Waals surface area contributed by atoms with Crippen LogP contribution in [-0.4, -0.2) is 20.2 Å². The van der Waals surface area contributed by atoms with Gasteiger partial charge in [0.05, 0.1) is 6.20 Å². The molecule has 0 saturated heterocycles. The van der Waals surface area contributed by atoms with E-state index >= 15 is 0 Å². The monoisotopic (exact) mass is 108 g/mol. The maximum Gasteiger partial charge on any atom is 0.173 e. The first-order chi connectivity index (χ1) is 3.97. The summed E-state index contributed by atoms with van der Waals surface area (Å²) in [7, 11) is 0. The van der Waals surface area contributed by atoms with E-state index in [-0.39, 0.29) is 0 Å². The van der Waals surface area contributed by atoms with E-state index in [1.807, 2.05) is 0 Å². The van der Waals surface area contributed by atoms with Crippen molar-refractivity contribution in [2.45, 2.75) is 0 Å². The van der Waals surface area contributed by atoms with Crippen LogP contribution in [-0.2, 0) is 0 Å². The summed E-state index contributed by atoms with van der Waals surface area (Å²) in [6, 6.07) is 0. The fourth-order valence-corrected chi connectivity index (χ4v) is 0.585. The molecule has 2 rings (SSSR count). The van der Waals surface area contributed by atoms with E-state index in [2.05, 4.69) is 20.2 Å². The van der Waals surface area contributed by atoms with Crippen LogP contribution in [0, 0.1) is 0 Å². The van der Waals surface area contributed by atoms with Crippen molar-refractivity contribution in [1.82, 2.24) is 20.2 Å². The summed E-state index contributed by atoms with van der Waals surface area (Å²) in [6.45, 7) is 0. The zero-order chi connectivity index (χ0) is 5.40. The van der Waals surface area contributed by atoms with Crippen molar-refractivity contribution < 1.29 is 0 Å². The zero-order valence-electron chi connectivity index (χ0n) is 4.05. The molecule has 0 aromatic carbocycles. The van der Waals surface area contributed by atoms with Gasteiger partial charge in [-0.25, -0.2) is 9.97 Å². The molecule has 2 aromatic rings. The molecule has 2 heterocycles. The molecule has 40 valence electrons. The molecule has 0 aliphatic carbocycles. The van der Waals surface area contributed by atoms with Gasteiger partial charge in [0.15, 0.2) is 5.65 Å². The molecule has 4 heteroatoms. The lowest BCUT2D eigenvalue weighted by molar-refractivity contribution is 1.00. The number of nitrogens with zero attached hydrogens (tertiary/aromatic N) is 2. The van der Waals surface area contributed by atoms with Crippen LogP contribution >= 0.6 is 0 Å². The second kappa shape index (κ2) is 1.09. The Bertz CT molecular complexity index is 250. The highest BCUT2D eigenvalue weighted by Crippen LogP contribution is 2.00. The minimum absolute atomic E-state index is 0.875. The van der Waals surface area contributed by atoms with Gasteiger partial charge < -0.3 is 0 Å². The van der Waals surface area contributed by atoms with Crippen molar-refractivity contribution in [1.29, 1.82) is 0 Å². The molecule has 0 aliphatic rings. The lowest BCUT2D eigenvalue weighted by atomic mass is 10.5. The molecular formula is C4H4N4. The fraction of sp³-hybridized carbons (Fsp3) is 0. The molecule has 0 aliphatic heterocycles. The van der Waals surface area contributed by atoms with E-state index in [1.165, 1.54) is 6.33 Å². The summed E-state index contributed by atoms with van der Waals surface area (Å²) in [6.07, 6.45) is 3.23. The Morgan fingerprint density at radius 1 is 1.38 bits per heavy atom. The van der Waals surface area contributed by atoms with E-state index < -0.39 is 0 Å². The van der Waals surface area contributed by atoms with Crippen molar-refractivity contribution in [3.8, 4) is 0 Å². The molecule has 0 fully saturated rings. The number of rotatable bonds is 0. The van der Waals surface area contributed by atoms with Gasteiger partial charge in [-0.3, -0.25) is 10.2 Å². The lowest BCUT2D eigenvalue weighted by Crippen LogP contribution is -1.93. The third kappa shape index (κ3) is 0.294. The highest BCUT2D eigenvalue weighted by molar-refractivity contribution is 5.69. The van der Waals surface area contributed by atoms with Gasteiger partial charge in [-0.15, -0.1) is 0 Å². The van der Waals surface area contributed by atoms with E-state index in [0.717, 1.165) is 11.2 Å². The van der Waals surface area contributed by atoms with Gasteiger partial charge in [0, 0.05) is 0 Å². The molecule has 8 heavy (non-hydrogen) atoms. The van der Waals surface area contributed by atoms with Crippen LogP contribution in [0.5, 0.6) is 0 Å². The summed E-state index contributed by atoms with van der Waals surface area (Å²) < 4.78 is 0. The minimum Gasteiger partial charge on any atom is -0.294 e. The van der Waals surface area contributed by atoms with Crippen LogP contribution in [0.25, 0.3) is 11.2 Å². The summed E-state index contributed by atoms with van der Waals surface area (Å²) >= 11 is 0. The molecule has 2 aromatic heterocycles. The number of aromatic nitrogens is 4. The average molecular weight is 108 g/mol. The number of aromatic amines is 2. The standard InChI is InChI=1S/C4H4N4/c1-3-4(8-7-3)6-2-5-1/h1-2,7H,(H,5,6,8). The fourth-order valence-electron chi connectivity index (χ4n) is 0.585. The second-order valence-electron chi connectivity index (χ2n) is 1.54. The van der Waals surface area contributed by atoms with Crippen LogP contribution in [0.3, 0.4) is 0 Å². The van der Waals surface area contributed by atoms with Gasteiger partial charge in [-0.05, 0) is 0 Å². The van der Waals surface area contributed by atoms with Crippen LogP contribution in [0.4, 0.5) is 0 Å². The third-order valence-electron chi connectivity index (χ3n) is 1.03. The molecule has 0 unspecified atom stereocenters. The molecule has 0 amide bonds. The van der Waals surface area contributed by atoms with E-state index in [1.54, 1.807) is 6.20 Å². The molecule has 0 bridgehead atoms. The average Bonchev–Trinajstić information content (AvgIpc) is 1.72. The number of H-pyrrole nitrogens is 2. The largest absolute Gasteiger partial charge is 0.294 e. The van der Waals surface area contributed by atoms with E-state index in [0.29, 0.717) is 0 Å². The van der Waals surface area contributed by atoms with E-state index in [9.17, 15) is 0 Å². The maximum atomic E-state index is 3.88. The predicted octanol–water partition coefficient (Wildman–Crippen LogP) is 0.286. The first-order valence-electron chi connectivity index (χ1n) is 2.29. The number of hydrogen-bond acceptors (Lipinski definition) is 2. The summed E-state index contributed by atoms with van der Waals surface area (Å²) in [5.74, 6) is 0. The van der Waals surface area contributed by atoms with Crippen molar-refractivity contribution in [2.75, 3.05) is 0 Å². The smallest absolute Gasteiger partial charge is 0.173 e. The van der Waals surface area contributed by atoms with Gasteiger partial charge in [-0.2, -0.15) is 0 Å². The minimum atomic E-state index is 0.875. The topological polar surface area (TPSA) is 57.4 Å². The highest BCUT2D eigenvalue weighted by Gasteiger charge is 1.92. The Hall–Kier alpha value is -1.32. The molecule has 4 nitrogen and oxygen atoms in total. The number of fused-ring (bicyclic) bond motifs is 1. The molecule has 0 spiro atoms. The Labute approximate surface area is 44.9 Å². The molecule has 0 saturated carbocycles. The Balaban J connectivity index is 2.88. The zero-order valence-corrected chi connectivity index (χ0v) is 4.05. The van der Waals surface area contributed by atoms with Gasteiger partial charge in [0.2, 0.25) is 0 Å². The van der Waals surface area contributed by atoms with Crippen LogP contribution in [0.15, 0.2) is 12.5 Å². The summed E-state index contributed by atoms with van der Waals surface area (Å²) in [5, 5.41) is 5.60. The van der Waals surface area contributed by atoms with E-state index in [4.69, 9.17) is 0 Å². The number of hydrogen-bond donors (Lipinski definition) is 2. The Morgan fingerprint density at radius 3 is 2.75 bits per heavy atom. The van der Waals surface area contributed by atoms with Crippen molar-refractivity contribution in [3.63, 3.8) is 0 Å². The molecule has 2 N–H and O–H groups in total. The maximum absolute atomic E-state index is 3.88. The Kier molecular flexibility index (Phi) is 0.498. The van der Waals surface area contributed by atoms with Crippen molar-refractivity contribution >= 4 is 11.2 Å². The van der Waals surface area contributed by atoms with Gasteiger partial charge in [0.1, 0.15) is 11.8 Å². The van der Waals surface area contributed by atoms with Gasteiger partial charge >= 0.3 is 0 Å². The normalized spacial score (nSPS) is 10.5. The SMILES string of the molecule is c1ncc2[nH][nH]c2n1. The first kappa shape index (κ1) is 3.65. The summed E-state index contributed by atoms with van der Waals surface area (Å²) in [5.41, 5.74) is 1.84.